The van der Waals surface area contributed by atoms with Crippen molar-refractivity contribution < 1.29 is 9.90 Å². The molecule has 0 aliphatic rings. The molecule has 0 spiro atoms. The van der Waals surface area contributed by atoms with E-state index in [2.05, 4.69) is 11.8 Å². The molecule has 0 aromatic heterocycles. The molecule has 0 aliphatic carbocycles. The molecule has 0 bridgehead atoms. The van der Waals surface area contributed by atoms with Gasteiger partial charge in [0.2, 0.25) is 5.91 Å². The fourth-order valence-corrected chi connectivity index (χ4v) is 2.77. The number of nitrogens with zero attached hydrogens (tertiary/aromatic N) is 1. The summed E-state index contributed by atoms with van der Waals surface area (Å²) in [6.07, 6.45) is 0.665. The molecule has 0 aliphatic heterocycles. The molecule has 5 heteroatoms. The van der Waals surface area contributed by atoms with Gasteiger partial charge in [-0.25, -0.2) is 0 Å². The van der Waals surface area contributed by atoms with Crippen LogP contribution in [0.2, 0.25) is 5.02 Å². The van der Waals surface area contributed by atoms with Crippen LogP contribution < -0.4 is 5.73 Å². The highest BCUT2D eigenvalue weighted by Crippen LogP contribution is 2.35. The van der Waals surface area contributed by atoms with E-state index in [4.69, 9.17) is 17.3 Å². The first-order valence-corrected chi connectivity index (χ1v) is 7.76. The Morgan fingerprint density at radius 3 is 2.52 bits per heavy atom. The van der Waals surface area contributed by atoms with E-state index < -0.39 is 5.91 Å². The largest absolute Gasteiger partial charge is 0.508 e. The van der Waals surface area contributed by atoms with Crippen LogP contribution in [-0.4, -0.2) is 36.1 Å². The van der Waals surface area contributed by atoms with E-state index in [9.17, 15) is 9.90 Å². The first-order valence-electron chi connectivity index (χ1n) is 7.38. The van der Waals surface area contributed by atoms with Gasteiger partial charge in [0.25, 0.3) is 0 Å². The molecular weight excluding hydrogens is 312 g/mol. The van der Waals surface area contributed by atoms with Crippen LogP contribution in [0.15, 0.2) is 36.4 Å². The Kier molecular flexibility index (Phi) is 5.29. The van der Waals surface area contributed by atoms with E-state index in [1.54, 1.807) is 24.3 Å². The first kappa shape index (κ1) is 17.3. The maximum Gasteiger partial charge on any atom is 0.248 e. The lowest BCUT2D eigenvalue weighted by atomic mass is 9.90. The molecular formula is C18H21ClN2O2. The average molecular weight is 333 g/mol. The van der Waals surface area contributed by atoms with Crippen LogP contribution in [0.3, 0.4) is 0 Å². The number of carbonyl (C=O) groups is 1. The van der Waals surface area contributed by atoms with Gasteiger partial charge in [0, 0.05) is 17.2 Å². The smallest absolute Gasteiger partial charge is 0.248 e. The van der Waals surface area contributed by atoms with Crippen molar-refractivity contribution in [1.82, 2.24) is 4.90 Å². The molecule has 0 heterocycles. The molecule has 4 nitrogen and oxygen atoms in total. The zero-order chi connectivity index (χ0) is 17.1. The Morgan fingerprint density at radius 1 is 1.26 bits per heavy atom. The number of hydrogen-bond donors (Lipinski definition) is 2. The summed E-state index contributed by atoms with van der Waals surface area (Å²) in [6.45, 7) is 2.08. The highest BCUT2D eigenvalue weighted by atomic mass is 35.5. The van der Waals surface area contributed by atoms with Gasteiger partial charge in [-0.1, -0.05) is 23.7 Å². The quantitative estimate of drug-likeness (QED) is 0.882. The van der Waals surface area contributed by atoms with E-state index in [-0.39, 0.29) is 11.8 Å². The van der Waals surface area contributed by atoms with Gasteiger partial charge in [0.1, 0.15) is 5.75 Å². The highest BCUT2D eigenvalue weighted by Gasteiger charge is 2.18. The Morgan fingerprint density at radius 2 is 1.96 bits per heavy atom. The van der Waals surface area contributed by atoms with E-state index in [0.717, 1.165) is 16.7 Å². The van der Waals surface area contributed by atoms with Gasteiger partial charge in [-0.05, 0) is 62.8 Å². The zero-order valence-corrected chi connectivity index (χ0v) is 14.3. The third-order valence-electron chi connectivity index (χ3n) is 4.07. The van der Waals surface area contributed by atoms with Crippen LogP contribution in [0.4, 0.5) is 0 Å². The second-order valence-electron chi connectivity index (χ2n) is 5.88. The molecule has 2 aromatic carbocycles. The van der Waals surface area contributed by atoms with Gasteiger partial charge in [0.15, 0.2) is 0 Å². The minimum absolute atomic E-state index is 0.105. The molecule has 0 saturated carbocycles. The van der Waals surface area contributed by atoms with Crippen LogP contribution in [-0.2, 0) is 6.42 Å². The van der Waals surface area contributed by atoms with Gasteiger partial charge in [0.05, 0.1) is 5.02 Å². The number of hydrogen-bond acceptors (Lipinski definition) is 3. The van der Waals surface area contributed by atoms with Crippen molar-refractivity contribution in [3.63, 3.8) is 0 Å². The Balaban J connectivity index is 2.63. The van der Waals surface area contributed by atoms with Crippen LogP contribution in [0.1, 0.15) is 22.8 Å². The maximum atomic E-state index is 11.8. The predicted octanol–water partition coefficient (Wildman–Crippen LogP) is 3.30. The Hall–Kier alpha value is -2.04. The van der Waals surface area contributed by atoms with Gasteiger partial charge in [-0.3, -0.25) is 4.79 Å². The molecule has 1 unspecified atom stereocenters. The van der Waals surface area contributed by atoms with Gasteiger partial charge < -0.3 is 15.7 Å². The summed E-state index contributed by atoms with van der Waals surface area (Å²) in [7, 11) is 3.98. The molecule has 2 rings (SSSR count). The van der Waals surface area contributed by atoms with Crippen molar-refractivity contribution in [2.45, 2.75) is 19.4 Å². The first-order chi connectivity index (χ1) is 10.8. The number of likely N-dealkylation sites (N-methyl/N-ethyl adjacent to an activating group) is 1. The number of amides is 1. The number of nitrogens with two attached hydrogens (primary N) is 1. The van der Waals surface area contributed by atoms with Crippen molar-refractivity contribution in [3.8, 4) is 16.9 Å². The molecule has 1 atom stereocenters. The van der Waals surface area contributed by atoms with Crippen molar-refractivity contribution in [1.29, 1.82) is 0 Å². The molecule has 122 valence electrons. The monoisotopic (exact) mass is 332 g/mol. The second-order valence-corrected chi connectivity index (χ2v) is 6.28. The van der Waals surface area contributed by atoms with Gasteiger partial charge >= 0.3 is 0 Å². The molecule has 2 aromatic rings. The molecule has 1 amide bonds. The summed E-state index contributed by atoms with van der Waals surface area (Å²) in [6, 6.07) is 10.5. The van der Waals surface area contributed by atoms with Crippen LogP contribution >= 0.6 is 11.6 Å². The van der Waals surface area contributed by atoms with Crippen LogP contribution in [0.25, 0.3) is 11.1 Å². The van der Waals surface area contributed by atoms with E-state index in [1.807, 2.05) is 20.2 Å². The second kappa shape index (κ2) is 7.02. The number of benzene rings is 2. The lowest BCUT2D eigenvalue weighted by molar-refractivity contribution is 0.0999. The summed E-state index contributed by atoms with van der Waals surface area (Å²) in [5.41, 5.74) is 8.55. The minimum atomic E-state index is -0.456. The zero-order valence-electron chi connectivity index (χ0n) is 13.5. The standard InChI is InChI=1S/C18H21ClN2O2/c1-11(21(2)3)9-16-13(5-4-6-15(16)18(20)23)14-8-7-12(22)10-17(14)19/h4-8,10-11,22H,9H2,1-3H3,(H2,20,23). The highest BCUT2D eigenvalue weighted by molar-refractivity contribution is 6.33. The summed E-state index contributed by atoms with van der Waals surface area (Å²) in [5.74, 6) is -0.351. The van der Waals surface area contributed by atoms with E-state index in [1.165, 1.54) is 6.07 Å². The summed E-state index contributed by atoms with van der Waals surface area (Å²) < 4.78 is 0. The van der Waals surface area contributed by atoms with Crippen molar-refractivity contribution in [3.05, 3.63) is 52.5 Å². The maximum absolute atomic E-state index is 11.8. The Labute approximate surface area is 141 Å². The molecule has 0 radical (unpaired) electrons. The fraction of sp³-hybridized carbons (Fsp3) is 0.278. The number of rotatable bonds is 5. The topological polar surface area (TPSA) is 66.6 Å². The van der Waals surface area contributed by atoms with Crippen molar-refractivity contribution in [2.24, 2.45) is 5.73 Å². The summed E-state index contributed by atoms with van der Waals surface area (Å²) in [5, 5.41) is 9.99. The average Bonchev–Trinajstić information content (AvgIpc) is 2.47. The number of carbonyl (C=O) groups excluding carboxylic acids is 1. The SMILES string of the molecule is CC(Cc1c(C(N)=O)cccc1-c1ccc(O)cc1Cl)N(C)C. The lowest BCUT2D eigenvalue weighted by Gasteiger charge is -2.23. The summed E-state index contributed by atoms with van der Waals surface area (Å²) >= 11 is 6.28. The number of halogens is 1. The normalized spacial score (nSPS) is 12.4. The van der Waals surface area contributed by atoms with Gasteiger partial charge in [-0.2, -0.15) is 0 Å². The molecule has 23 heavy (non-hydrogen) atoms. The van der Waals surface area contributed by atoms with E-state index >= 15 is 0 Å². The minimum Gasteiger partial charge on any atom is -0.508 e. The predicted molar refractivity (Wildman–Crippen MR) is 93.9 cm³/mol. The number of phenolic OH excluding ortho intramolecular Hbond substituents is 1. The molecule has 0 fully saturated rings. The summed E-state index contributed by atoms with van der Waals surface area (Å²) in [4.78, 5) is 13.9. The fourth-order valence-electron chi connectivity index (χ4n) is 2.49. The number of aromatic hydroxyl groups is 1. The number of phenols is 1. The van der Waals surface area contributed by atoms with Crippen LogP contribution in [0, 0.1) is 0 Å². The van der Waals surface area contributed by atoms with E-state index in [0.29, 0.717) is 17.0 Å². The van der Waals surface area contributed by atoms with Gasteiger partial charge in [-0.15, -0.1) is 0 Å². The molecule has 3 N–H and O–H groups in total. The number of primary amides is 1. The Bertz CT molecular complexity index is 729. The lowest BCUT2D eigenvalue weighted by Crippen LogP contribution is -2.28. The third-order valence-corrected chi connectivity index (χ3v) is 4.38. The van der Waals surface area contributed by atoms with Crippen molar-refractivity contribution >= 4 is 17.5 Å². The molecule has 0 saturated heterocycles. The third kappa shape index (κ3) is 3.84. The van der Waals surface area contributed by atoms with Crippen molar-refractivity contribution in [2.75, 3.05) is 14.1 Å². The van der Waals surface area contributed by atoms with Crippen LogP contribution in [0.5, 0.6) is 5.75 Å².